The number of nitrogens with one attached hydrogen (secondary N) is 2. The van der Waals surface area contributed by atoms with Crippen molar-refractivity contribution in [2.75, 3.05) is 0 Å². The monoisotopic (exact) mass is 240 g/mol. The molecule has 3 aromatic rings. The molecule has 0 saturated heterocycles. The number of benzene rings is 1. The van der Waals surface area contributed by atoms with E-state index < -0.39 is 5.56 Å². The van der Waals surface area contributed by atoms with Crippen LogP contribution in [0, 0.1) is 0 Å². The van der Waals surface area contributed by atoms with Crippen LogP contribution in [-0.2, 0) is 0 Å². The molecule has 0 aliphatic rings. The number of H-pyrrole nitrogens is 2. The van der Waals surface area contributed by atoms with Crippen molar-refractivity contribution < 1.29 is 0 Å². The fourth-order valence-electron chi connectivity index (χ4n) is 1.85. The minimum atomic E-state index is -0.452. The summed E-state index contributed by atoms with van der Waals surface area (Å²) < 4.78 is 0. The van der Waals surface area contributed by atoms with Gasteiger partial charge in [0, 0.05) is 5.39 Å². The summed E-state index contributed by atoms with van der Waals surface area (Å²) in [5.41, 5.74) is 0.529. The number of hydrogen-bond donors (Lipinski definition) is 2. The molecule has 0 amide bonds. The highest BCUT2D eigenvalue weighted by molar-refractivity contribution is 5.87. The molecule has 0 bridgehead atoms. The lowest BCUT2D eigenvalue weighted by Gasteiger charge is -1.94. The van der Waals surface area contributed by atoms with Gasteiger partial charge in [-0.05, 0) is 17.7 Å². The highest BCUT2D eigenvalue weighted by atomic mass is 16.1. The lowest BCUT2D eigenvalue weighted by Crippen LogP contribution is -2.02. The molecule has 1 aromatic carbocycles. The molecule has 0 radical (unpaired) electrons. The molecule has 0 aliphatic carbocycles. The van der Waals surface area contributed by atoms with Crippen molar-refractivity contribution in [3.8, 4) is 0 Å². The van der Waals surface area contributed by atoms with Crippen LogP contribution >= 0.6 is 0 Å². The lowest BCUT2D eigenvalue weighted by atomic mass is 10.1. The van der Waals surface area contributed by atoms with Crippen LogP contribution in [0.4, 0.5) is 0 Å². The molecule has 0 aliphatic heterocycles. The SMILES string of the molecule is C=Cc1ccc2c(=O)c3n[nH]nc3c(=O)[nH]c2c1. The van der Waals surface area contributed by atoms with Crippen LogP contribution in [0.5, 0.6) is 0 Å². The molecule has 2 aromatic heterocycles. The first-order valence-electron chi connectivity index (χ1n) is 5.24. The maximum atomic E-state index is 12.2. The summed E-state index contributed by atoms with van der Waals surface area (Å²) in [4.78, 5) is 26.7. The lowest BCUT2D eigenvalue weighted by molar-refractivity contribution is 0.955. The van der Waals surface area contributed by atoms with E-state index in [2.05, 4.69) is 27.0 Å². The predicted octanol–water partition coefficient (Wildman–Crippen LogP) is 0.803. The minimum absolute atomic E-state index is 0.0105. The number of rotatable bonds is 1. The largest absolute Gasteiger partial charge is 0.320 e. The van der Waals surface area contributed by atoms with E-state index in [0.717, 1.165) is 5.56 Å². The van der Waals surface area contributed by atoms with Crippen LogP contribution in [0.2, 0.25) is 0 Å². The molecule has 6 nitrogen and oxygen atoms in total. The zero-order chi connectivity index (χ0) is 12.7. The third-order valence-electron chi connectivity index (χ3n) is 2.75. The molecule has 2 N–H and O–H groups in total. The molecule has 0 spiro atoms. The van der Waals surface area contributed by atoms with Crippen molar-refractivity contribution in [1.82, 2.24) is 20.4 Å². The predicted molar refractivity (Wildman–Crippen MR) is 68.4 cm³/mol. The van der Waals surface area contributed by atoms with Gasteiger partial charge in [0.25, 0.3) is 5.56 Å². The first-order valence-corrected chi connectivity index (χ1v) is 5.24. The highest BCUT2D eigenvalue weighted by Crippen LogP contribution is 2.11. The second-order valence-corrected chi connectivity index (χ2v) is 3.81. The quantitative estimate of drug-likeness (QED) is 0.658. The average Bonchev–Trinajstić information content (AvgIpc) is 2.83. The van der Waals surface area contributed by atoms with E-state index in [4.69, 9.17) is 0 Å². The van der Waals surface area contributed by atoms with Crippen molar-refractivity contribution in [1.29, 1.82) is 0 Å². The Morgan fingerprint density at radius 1 is 1.17 bits per heavy atom. The molecule has 0 unspecified atom stereocenters. The molecule has 18 heavy (non-hydrogen) atoms. The van der Waals surface area contributed by atoms with Crippen LogP contribution in [0.15, 0.2) is 34.4 Å². The standard InChI is InChI=1S/C12H8N4O2/c1-2-6-3-4-7-8(5-6)13-12(18)10-9(11(7)17)14-16-15-10/h2-5H,1H2,(H,13,18)(H,14,15,16). The summed E-state index contributed by atoms with van der Waals surface area (Å²) in [6, 6.07) is 5.08. The van der Waals surface area contributed by atoms with Gasteiger partial charge in [0.1, 0.15) is 0 Å². The van der Waals surface area contributed by atoms with Crippen molar-refractivity contribution in [2.24, 2.45) is 0 Å². The van der Waals surface area contributed by atoms with Gasteiger partial charge >= 0.3 is 0 Å². The van der Waals surface area contributed by atoms with E-state index in [1.165, 1.54) is 0 Å². The van der Waals surface area contributed by atoms with E-state index in [1.54, 1.807) is 24.3 Å². The van der Waals surface area contributed by atoms with E-state index in [-0.39, 0.29) is 16.5 Å². The zero-order valence-electron chi connectivity index (χ0n) is 9.23. The minimum Gasteiger partial charge on any atom is -0.320 e. The van der Waals surface area contributed by atoms with Gasteiger partial charge in [0.2, 0.25) is 5.43 Å². The Labute approximate surface area is 100.0 Å². The van der Waals surface area contributed by atoms with Crippen molar-refractivity contribution in [2.45, 2.75) is 0 Å². The summed E-state index contributed by atoms with van der Waals surface area (Å²) in [6.45, 7) is 3.64. The zero-order valence-corrected chi connectivity index (χ0v) is 9.23. The maximum absolute atomic E-state index is 12.2. The molecule has 0 saturated carbocycles. The number of nitrogens with zero attached hydrogens (tertiary/aromatic N) is 2. The number of fused-ring (bicyclic) bond motifs is 2. The third-order valence-corrected chi connectivity index (χ3v) is 2.75. The normalized spacial score (nSPS) is 10.9. The van der Waals surface area contributed by atoms with E-state index >= 15 is 0 Å². The van der Waals surface area contributed by atoms with Gasteiger partial charge in [-0.3, -0.25) is 9.59 Å². The summed E-state index contributed by atoms with van der Waals surface area (Å²) in [6.07, 6.45) is 1.64. The molecule has 6 heteroatoms. The second kappa shape index (κ2) is 3.63. The van der Waals surface area contributed by atoms with Gasteiger partial charge < -0.3 is 4.98 Å². The Kier molecular flexibility index (Phi) is 2.09. The molecule has 88 valence electrons. The fraction of sp³-hybridized carbons (Fsp3) is 0. The van der Waals surface area contributed by atoms with Gasteiger partial charge in [0.05, 0.1) is 5.52 Å². The van der Waals surface area contributed by atoms with E-state index in [1.807, 2.05) is 0 Å². The van der Waals surface area contributed by atoms with Gasteiger partial charge in [-0.1, -0.05) is 18.7 Å². The average molecular weight is 240 g/mol. The Morgan fingerprint density at radius 2 is 1.94 bits per heavy atom. The maximum Gasteiger partial charge on any atom is 0.278 e. The molecular formula is C12H8N4O2. The Morgan fingerprint density at radius 3 is 2.72 bits per heavy atom. The molecule has 0 fully saturated rings. The van der Waals surface area contributed by atoms with Crippen LogP contribution in [-0.4, -0.2) is 20.4 Å². The molecule has 0 atom stereocenters. The van der Waals surface area contributed by atoms with Crippen LogP contribution < -0.4 is 11.0 Å². The highest BCUT2D eigenvalue weighted by Gasteiger charge is 2.09. The van der Waals surface area contributed by atoms with Crippen molar-refractivity contribution in [3.63, 3.8) is 0 Å². The molecule has 3 rings (SSSR count). The Bertz CT molecular complexity index is 892. The van der Waals surface area contributed by atoms with Crippen LogP contribution in [0.1, 0.15) is 5.56 Å². The summed E-state index contributed by atoms with van der Waals surface area (Å²) in [5.74, 6) is 0. The Balaban J connectivity index is 2.67. The van der Waals surface area contributed by atoms with Gasteiger partial charge in [-0.25, -0.2) is 0 Å². The van der Waals surface area contributed by atoms with Crippen molar-refractivity contribution >= 4 is 28.0 Å². The number of hydrogen-bond acceptors (Lipinski definition) is 4. The molecular weight excluding hydrogens is 232 g/mol. The first-order chi connectivity index (χ1) is 8.70. The topological polar surface area (TPSA) is 91.5 Å². The second-order valence-electron chi connectivity index (χ2n) is 3.81. The summed E-state index contributed by atoms with van der Waals surface area (Å²) in [5, 5.41) is 10.1. The van der Waals surface area contributed by atoms with Crippen molar-refractivity contribution in [3.05, 3.63) is 50.9 Å². The Hall–Kier alpha value is -2.76. The van der Waals surface area contributed by atoms with E-state index in [0.29, 0.717) is 10.9 Å². The summed E-state index contributed by atoms with van der Waals surface area (Å²) >= 11 is 0. The molecule has 2 heterocycles. The first kappa shape index (κ1) is 10.4. The third kappa shape index (κ3) is 1.36. The number of aromatic nitrogens is 4. The van der Waals surface area contributed by atoms with Gasteiger partial charge in [-0.15, -0.1) is 0 Å². The van der Waals surface area contributed by atoms with E-state index in [9.17, 15) is 9.59 Å². The van der Waals surface area contributed by atoms with Gasteiger partial charge in [-0.2, -0.15) is 15.4 Å². The smallest absolute Gasteiger partial charge is 0.278 e. The fourth-order valence-corrected chi connectivity index (χ4v) is 1.85. The van der Waals surface area contributed by atoms with Gasteiger partial charge in [0.15, 0.2) is 11.0 Å². The van der Waals surface area contributed by atoms with Crippen LogP contribution in [0.25, 0.3) is 28.0 Å². The summed E-state index contributed by atoms with van der Waals surface area (Å²) in [7, 11) is 0. The number of aromatic amines is 2. The van der Waals surface area contributed by atoms with Crippen LogP contribution in [0.3, 0.4) is 0 Å².